The Labute approximate surface area is 166 Å². The first-order valence-electron chi connectivity index (χ1n) is 10.4. The molecule has 4 nitrogen and oxygen atoms in total. The van der Waals surface area contributed by atoms with Gasteiger partial charge in [0.25, 0.3) is 0 Å². The molecule has 4 heterocycles. The molecule has 1 aliphatic rings. The van der Waals surface area contributed by atoms with Crippen molar-refractivity contribution in [3.63, 3.8) is 0 Å². The van der Waals surface area contributed by atoms with E-state index in [-0.39, 0.29) is 0 Å². The number of aromatic amines is 1. The molecule has 5 rings (SSSR count). The second kappa shape index (κ2) is 6.78. The van der Waals surface area contributed by atoms with Gasteiger partial charge in [-0.05, 0) is 80.1 Å². The van der Waals surface area contributed by atoms with Crippen LogP contribution in [0.3, 0.4) is 0 Å². The van der Waals surface area contributed by atoms with Crippen molar-refractivity contribution >= 4 is 16.6 Å². The monoisotopic (exact) mass is 372 g/mol. The zero-order valence-corrected chi connectivity index (χ0v) is 16.9. The number of aromatic nitrogens is 3. The third-order valence-corrected chi connectivity index (χ3v) is 6.24. The van der Waals surface area contributed by atoms with Crippen LogP contribution in [-0.4, -0.2) is 27.5 Å². The lowest BCUT2D eigenvalue weighted by atomic mass is 9.88. The molecular formula is C24H28N4. The Bertz CT molecular complexity index is 1140. The number of nitrogens with one attached hydrogen (secondary N) is 2. The van der Waals surface area contributed by atoms with Gasteiger partial charge in [-0.1, -0.05) is 19.9 Å². The molecule has 0 atom stereocenters. The summed E-state index contributed by atoms with van der Waals surface area (Å²) in [6.45, 7) is 8.99. The zero-order valence-electron chi connectivity index (χ0n) is 16.9. The number of imidazole rings is 1. The summed E-state index contributed by atoms with van der Waals surface area (Å²) in [5.74, 6) is 1.12. The van der Waals surface area contributed by atoms with Gasteiger partial charge in [0.05, 0.1) is 5.69 Å². The van der Waals surface area contributed by atoms with Crippen molar-refractivity contribution < 1.29 is 0 Å². The lowest BCUT2D eigenvalue weighted by molar-refractivity contribution is 0.460. The summed E-state index contributed by atoms with van der Waals surface area (Å²) < 4.78 is 2.14. The fraction of sp³-hybridized carbons (Fsp3) is 0.375. The van der Waals surface area contributed by atoms with E-state index in [0.717, 1.165) is 18.7 Å². The summed E-state index contributed by atoms with van der Waals surface area (Å²) in [7, 11) is 0. The van der Waals surface area contributed by atoms with Gasteiger partial charge >= 0.3 is 0 Å². The maximum Gasteiger partial charge on any atom is 0.137 e. The van der Waals surface area contributed by atoms with E-state index >= 15 is 0 Å². The highest BCUT2D eigenvalue weighted by atomic mass is 15.0. The molecule has 0 saturated carbocycles. The lowest BCUT2D eigenvalue weighted by Crippen LogP contribution is -2.26. The minimum absolute atomic E-state index is 0.448. The third kappa shape index (κ3) is 2.83. The van der Waals surface area contributed by atoms with Crippen molar-refractivity contribution in [1.29, 1.82) is 0 Å². The predicted molar refractivity (Wildman–Crippen MR) is 116 cm³/mol. The summed E-state index contributed by atoms with van der Waals surface area (Å²) in [4.78, 5) is 8.24. The topological polar surface area (TPSA) is 45.1 Å². The van der Waals surface area contributed by atoms with E-state index < -0.39 is 0 Å². The molecule has 1 fully saturated rings. The van der Waals surface area contributed by atoms with Crippen LogP contribution >= 0.6 is 0 Å². The van der Waals surface area contributed by atoms with Crippen molar-refractivity contribution in [2.75, 3.05) is 13.1 Å². The highest BCUT2D eigenvalue weighted by Gasteiger charge is 2.20. The van der Waals surface area contributed by atoms with E-state index in [1.807, 2.05) is 12.4 Å². The summed E-state index contributed by atoms with van der Waals surface area (Å²) in [5.41, 5.74) is 8.80. The number of hydrogen-bond donors (Lipinski definition) is 2. The number of pyridine rings is 1. The molecule has 28 heavy (non-hydrogen) atoms. The Morgan fingerprint density at radius 1 is 1.11 bits per heavy atom. The molecule has 2 N–H and O–H groups in total. The molecule has 4 aromatic rings. The van der Waals surface area contributed by atoms with E-state index in [0.29, 0.717) is 11.8 Å². The second-order valence-electron chi connectivity index (χ2n) is 8.44. The van der Waals surface area contributed by atoms with Crippen LogP contribution in [0, 0.1) is 6.92 Å². The van der Waals surface area contributed by atoms with Gasteiger partial charge in [0.2, 0.25) is 0 Å². The molecule has 1 aromatic carbocycles. The first-order chi connectivity index (χ1) is 13.6. The standard InChI is InChI=1S/C24H28N4/c1-15(2)23-20-13-18(17-6-8-25-9-7-17)4-5-21(20)27-24(23)19-12-16(3)28-11-10-26-22(28)14-19/h4-5,10-15,17,25,27H,6-9H2,1-3H3. The van der Waals surface area contributed by atoms with Gasteiger partial charge in [-0.25, -0.2) is 4.98 Å². The van der Waals surface area contributed by atoms with E-state index in [1.54, 1.807) is 0 Å². The summed E-state index contributed by atoms with van der Waals surface area (Å²) in [5, 5.41) is 4.86. The SMILES string of the molecule is Cc1cc(-c2[nH]c3ccc(C4CCNCC4)cc3c2C(C)C)cc2nccn12. The molecule has 4 heteroatoms. The van der Waals surface area contributed by atoms with Gasteiger partial charge in [0, 0.05) is 34.6 Å². The maximum absolute atomic E-state index is 4.51. The molecule has 0 unspecified atom stereocenters. The predicted octanol–water partition coefficient (Wildman–Crippen LogP) is 5.38. The minimum atomic E-state index is 0.448. The van der Waals surface area contributed by atoms with E-state index in [4.69, 9.17) is 0 Å². The number of nitrogens with zero attached hydrogens (tertiary/aromatic N) is 2. The van der Waals surface area contributed by atoms with Crippen LogP contribution in [0.1, 0.15) is 55.3 Å². The molecule has 0 aliphatic carbocycles. The first-order valence-corrected chi connectivity index (χ1v) is 10.4. The van der Waals surface area contributed by atoms with E-state index in [2.05, 4.69) is 70.8 Å². The second-order valence-corrected chi connectivity index (χ2v) is 8.44. The molecule has 1 saturated heterocycles. The van der Waals surface area contributed by atoms with Crippen LogP contribution < -0.4 is 5.32 Å². The maximum atomic E-state index is 4.51. The van der Waals surface area contributed by atoms with Gasteiger partial charge in [0.15, 0.2) is 0 Å². The number of piperidine rings is 1. The third-order valence-electron chi connectivity index (χ3n) is 6.24. The average Bonchev–Trinajstić information content (AvgIpc) is 3.32. The summed E-state index contributed by atoms with van der Waals surface area (Å²) in [6, 6.07) is 11.5. The molecule has 0 amide bonds. The van der Waals surface area contributed by atoms with Crippen LogP contribution in [0.5, 0.6) is 0 Å². The van der Waals surface area contributed by atoms with Crippen LogP contribution in [0.2, 0.25) is 0 Å². The van der Waals surface area contributed by atoms with Crippen LogP contribution in [0.15, 0.2) is 42.7 Å². The molecular weight excluding hydrogens is 344 g/mol. The smallest absolute Gasteiger partial charge is 0.137 e. The Morgan fingerprint density at radius 3 is 2.71 bits per heavy atom. The van der Waals surface area contributed by atoms with Crippen LogP contribution in [0.25, 0.3) is 27.8 Å². The summed E-state index contributed by atoms with van der Waals surface area (Å²) in [6.07, 6.45) is 6.35. The van der Waals surface area contributed by atoms with Gasteiger partial charge in [-0.15, -0.1) is 0 Å². The molecule has 1 aliphatic heterocycles. The number of fused-ring (bicyclic) bond motifs is 2. The number of hydrogen-bond acceptors (Lipinski definition) is 2. The number of benzene rings is 1. The van der Waals surface area contributed by atoms with Gasteiger partial charge in [-0.2, -0.15) is 0 Å². The molecule has 0 spiro atoms. The largest absolute Gasteiger partial charge is 0.354 e. The van der Waals surface area contributed by atoms with Crippen molar-refractivity contribution in [3.05, 3.63) is 59.5 Å². The normalized spacial score (nSPS) is 15.9. The Kier molecular flexibility index (Phi) is 4.24. The van der Waals surface area contributed by atoms with Crippen LogP contribution in [-0.2, 0) is 0 Å². The molecule has 0 radical (unpaired) electrons. The zero-order chi connectivity index (χ0) is 19.3. The highest BCUT2D eigenvalue weighted by molar-refractivity contribution is 5.92. The Balaban J connectivity index is 1.68. The minimum Gasteiger partial charge on any atom is -0.354 e. The summed E-state index contributed by atoms with van der Waals surface area (Å²) >= 11 is 0. The van der Waals surface area contributed by atoms with E-state index in [9.17, 15) is 0 Å². The molecule has 144 valence electrons. The van der Waals surface area contributed by atoms with Crippen molar-refractivity contribution in [2.24, 2.45) is 0 Å². The lowest BCUT2D eigenvalue weighted by Gasteiger charge is -2.23. The van der Waals surface area contributed by atoms with Gasteiger partial charge < -0.3 is 14.7 Å². The fourth-order valence-electron chi connectivity index (χ4n) is 4.81. The number of H-pyrrole nitrogens is 1. The molecule has 0 bridgehead atoms. The molecule has 3 aromatic heterocycles. The average molecular weight is 373 g/mol. The van der Waals surface area contributed by atoms with Crippen molar-refractivity contribution in [3.8, 4) is 11.3 Å². The Morgan fingerprint density at radius 2 is 1.93 bits per heavy atom. The van der Waals surface area contributed by atoms with Crippen molar-refractivity contribution in [1.82, 2.24) is 19.7 Å². The van der Waals surface area contributed by atoms with Gasteiger partial charge in [0.1, 0.15) is 5.65 Å². The highest BCUT2D eigenvalue weighted by Crippen LogP contribution is 2.38. The number of aryl methyl sites for hydroxylation is 1. The first kappa shape index (κ1) is 17.5. The van der Waals surface area contributed by atoms with Crippen LogP contribution in [0.4, 0.5) is 0 Å². The van der Waals surface area contributed by atoms with Crippen molar-refractivity contribution in [2.45, 2.75) is 45.4 Å². The Hall–Kier alpha value is -2.59. The number of rotatable bonds is 3. The van der Waals surface area contributed by atoms with E-state index in [1.165, 1.54) is 51.8 Å². The fourth-order valence-corrected chi connectivity index (χ4v) is 4.81. The van der Waals surface area contributed by atoms with Gasteiger partial charge in [-0.3, -0.25) is 0 Å². The quantitative estimate of drug-likeness (QED) is 0.507.